The Morgan fingerprint density at radius 1 is 0.923 bits per heavy atom. The number of hydrogen-bond donors (Lipinski definition) is 1. The molecule has 7 rings (SSSR count). The van der Waals surface area contributed by atoms with E-state index < -0.39 is 9.84 Å². The zero-order valence-electron chi connectivity index (χ0n) is 21.5. The van der Waals surface area contributed by atoms with Gasteiger partial charge in [-0.05, 0) is 50.2 Å². The van der Waals surface area contributed by atoms with Gasteiger partial charge in [0.2, 0.25) is 0 Å². The van der Waals surface area contributed by atoms with Gasteiger partial charge < -0.3 is 5.32 Å². The van der Waals surface area contributed by atoms with Gasteiger partial charge in [-0.3, -0.25) is 9.36 Å². The number of fused-ring (bicyclic) bond motifs is 1. The molecular formula is C27H28N8O3S. The van der Waals surface area contributed by atoms with Gasteiger partial charge in [-0.25, -0.2) is 38.3 Å². The van der Waals surface area contributed by atoms with Gasteiger partial charge in [-0.15, -0.1) is 0 Å². The van der Waals surface area contributed by atoms with Crippen molar-refractivity contribution in [2.75, 3.05) is 11.1 Å². The van der Waals surface area contributed by atoms with Gasteiger partial charge >= 0.3 is 0 Å². The first-order valence-electron chi connectivity index (χ1n) is 13.5. The fraction of sp³-hybridized carbons (Fsp3) is 0.444. The van der Waals surface area contributed by atoms with Crippen LogP contribution in [0, 0.1) is 0 Å². The van der Waals surface area contributed by atoms with Crippen molar-refractivity contribution < 1.29 is 8.42 Å². The zero-order valence-corrected chi connectivity index (χ0v) is 22.4. The Balaban J connectivity index is 1.25. The minimum absolute atomic E-state index is 0.00974. The Morgan fingerprint density at radius 3 is 2.23 bits per heavy atom. The summed E-state index contributed by atoms with van der Waals surface area (Å²) >= 11 is 0. The Kier molecular flexibility index (Phi) is 5.69. The summed E-state index contributed by atoms with van der Waals surface area (Å²) in [6.07, 6.45) is 11.1. The summed E-state index contributed by atoms with van der Waals surface area (Å²) in [5.41, 5.74) is 4.53. The first-order chi connectivity index (χ1) is 18.9. The molecule has 0 amide bonds. The van der Waals surface area contributed by atoms with Crippen LogP contribution in [-0.4, -0.2) is 48.6 Å². The summed E-state index contributed by atoms with van der Waals surface area (Å²) in [7, 11) is -3.37. The summed E-state index contributed by atoms with van der Waals surface area (Å²) in [5.74, 6) is 1.60. The molecular weight excluding hydrogens is 516 g/mol. The van der Waals surface area contributed by atoms with Crippen molar-refractivity contribution in [3.05, 3.63) is 58.2 Å². The molecule has 11 nitrogen and oxygen atoms in total. The molecule has 3 fully saturated rings. The quantitative estimate of drug-likeness (QED) is 0.332. The van der Waals surface area contributed by atoms with Crippen LogP contribution in [0.2, 0.25) is 0 Å². The molecule has 39 heavy (non-hydrogen) atoms. The van der Waals surface area contributed by atoms with Crippen molar-refractivity contribution in [1.29, 1.82) is 0 Å². The molecule has 0 atom stereocenters. The predicted molar refractivity (Wildman–Crippen MR) is 144 cm³/mol. The second-order valence-corrected chi connectivity index (χ2v) is 12.8. The molecule has 3 aliphatic carbocycles. The first-order valence-corrected chi connectivity index (χ1v) is 15.1. The minimum atomic E-state index is -3.37. The van der Waals surface area contributed by atoms with Crippen molar-refractivity contribution in [1.82, 2.24) is 34.5 Å². The van der Waals surface area contributed by atoms with Crippen LogP contribution >= 0.6 is 0 Å². The molecule has 3 saturated carbocycles. The van der Waals surface area contributed by atoms with E-state index in [1.165, 1.54) is 12.3 Å². The summed E-state index contributed by atoms with van der Waals surface area (Å²) < 4.78 is 25.8. The number of sulfone groups is 1. The van der Waals surface area contributed by atoms with E-state index in [1.54, 1.807) is 30.1 Å². The number of aromatic nitrogens is 7. The lowest BCUT2D eigenvalue weighted by molar-refractivity contribution is 0.593. The summed E-state index contributed by atoms with van der Waals surface area (Å²) in [5, 5.41) is 3.16. The van der Waals surface area contributed by atoms with E-state index in [9.17, 15) is 13.2 Å². The van der Waals surface area contributed by atoms with E-state index in [1.807, 2.05) is 0 Å². The standard InChI is InChI=1S/C27H28N8O3S/c1-2-39(37,38)20-10-3-15(11-28-20)12-29-25-27(36)35(18-8-9-18)26-19(33-25)13-30-24(34-26)21-22(16-4-5-16)31-14-32-23(21)17-6-7-17/h3,10-11,13-14,16-18H,2,4-9,12H2,1H3,(H,29,33). The molecule has 0 spiro atoms. The maximum atomic E-state index is 13.6. The topological polar surface area (TPSA) is 146 Å². The van der Waals surface area contributed by atoms with Gasteiger partial charge in [0.1, 0.15) is 11.8 Å². The average Bonchev–Trinajstić information content (AvgIpc) is 3.79. The maximum Gasteiger partial charge on any atom is 0.295 e. The molecule has 4 aromatic heterocycles. The maximum absolute atomic E-state index is 13.6. The molecule has 200 valence electrons. The lowest BCUT2D eigenvalue weighted by atomic mass is 10.0. The third-order valence-electron chi connectivity index (χ3n) is 7.56. The molecule has 0 bridgehead atoms. The van der Waals surface area contributed by atoms with Crippen molar-refractivity contribution >= 4 is 26.8 Å². The van der Waals surface area contributed by atoms with Gasteiger partial charge in [0.15, 0.2) is 32.2 Å². The summed E-state index contributed by atoms with van der Waals surface area (Å²) in [4.78, 5) is 41.1. The number of nitrogens with zero attached hydrogens (tertiary/aromatic N) is 7. The highest BCUT2D eigenvalue weighted by atomic mass is 32.2. The third-order valence-corrected chi connectivity index (χ3v) is 9.20. The fourth-order valence-corrected chi connectivity index (χ4v) is 5.70. The van der Waals surface area contributed by atoms with E-state index in [0.717, 1.165) is 61.0 Å². The van der Waals surface area contributed by atoms with Crippen LogP contribution in [0.1, 0.15) is 80.3 Å². The normalized spacial score (nSPS) is 17.5. The monoisotopic (exact) mass is 544 g/mol. The first kappa shape index (κ1) is 24.3. The molecule has 0 radical (unpaired) electrons. The Labute approximate surface area is 225 Å². The van der Waals surface area contributed by atoms with E-state index in [4.69, 9.17) is 9.97 Å². The van der Waals surface area contributed by atoms with Crippen LogP contribution in [0.5, 0.6) is 0 Å². The molecule has 0 unspecified atom stereocenters. The van der Waals surface area contributed by atoms with Crippen molar-refractivity contribution in [2.45, 2.75) is 74.9 Å². The van der Waals surface area contributed by atoms with E-state index in [0.29, 0.717) is 28.8 Å². The van der Waals surface area contributed by atoms with Crippen LogP contribution in [0.4, 0.5) is 5.82 Å². The van der Waals surface area contributed by atoms with Crippen LogP contribution < -0.4 is 10.9 Å². The average molecular weight is 545 g/mol. The van der Waals surface area contributed by atoms with Crippen molar-refractivity contribution in [3.63, 3.8) is 0 Å². The molecule has 12 heteroatoms. The van der Waals surface area contributed by atoms with Crippen molar-refractivity contribution in [3.8, 4) is 11.4 Å². The third kappa shape index (κ3) is 4.56. The van der Waals surface area contributed by atoms with Crippen molar-refractivity contribution in [2.24, 2.45) is 0 Å². The second-order valence-electron chi connectivity index (χ2n) is 10.6. The number of rotatable bonds is 9. The fourth-order valence-electron chi connectivity index (χ4n) is 4.92. The van der Waals surface area contributed by atoms with E-state index in [-0.39, 0.29) is 34.7 Å². The van der Waals surface area contributed by atoms with Crippen LogP contribution in [0.3, 0.4) is 0 Å². The summed E-state index contributed by atoms with van der Waals surface area (Å²) in [6.45, 7) is 1.86. The SMILES string of the molecule is CCS(=O)(=O)c1ccc(CNc2nc3cnc(-c4c(C5CC5)ncnc4C4CC4)nc3n(C3CC3)c2=O)cn1. The number of anilines is 1. The van der Waals surface area contributed by atoms with Crippen LogP contribution in [-0.2, 0) is 16.4 Å². The van der Waals surface area contributed by atoms with Crippen LogP contribution in [0.15, 0.2) is 40.7 Å². The lowest BCUT2D eigenvalue weighted by Crippen LogP contribution is -2.26. The van der Waals surface area contributed by atoms with Crippen LogP contribution in [0.25, 0.3) is 22.6 Å². The molecule has 1 N–H and O–H groups in total. The number of nitrogens with one attached hydrogen (secondary N) is 1. The minimum Gasteiger partial charge on any atom is -0.361 e. The second kappa shape index (κ2) is 9.15. The van der Waals surface area contributed by atoms with Gasteiger partial charge in [-0.1, -0.05) is 13.0 Å². The Bertz CT molecular complexity index is 1730. The Hall–Kier alpha value is -3.80. The van der Waals surface area contributed by atoms with E-state index >= 15 is 0 Å². The van der Waals surface area contributed by atoms with E-state index in [2.05, 4.69) is 25.3 Å². The molecule has 0 aromatic carbocycles. The molecule has 0 saturated heterocycles. The number of hydrogen-bond acceptors (Lipinski definition) is 10. The smallest absolute Gasteiger partial charge is 0.295 e. The highest BCUT2D eigenvalue weighted by Gasteiger charge is 2.36. The molecule has 3 aliphatic rings. The largest absolute Gasteiger partial charge is 0.361 e. The lowest BCUT2D eigenvalue weighted by Gasteiger charge is -2.15. The molecule has 0 aliphatic heterocycles. The molecule has 4 aromatic rings. The Morgan fingerprint density at radius 2 is 1.64 bits per heavy atom. The van der Waals surface area contributed by atoms with Gasteiger partial charge in [0.25, 0.3) is 5.56 Å². The zero-order chi connectivity index (χ0) is 26.7. The number of pyridine rings is 1. The highest BCUT2D eigenvalue weighted by molar-refractivity contribution is 7.91. The van der Waals surface area contributed by atoms with Gasteiger partial charge in [-0.2, -0.15) is 0 Å². The van der Waals surface area contributed by atoms with Gasteiger partial charge in [0.05, 0.1) is 28.9 Å². The highest BCUT2D eigenvalue weighted by Crippen LogP contribution is 2.48. The summed E-state index contributed by atoms with van der Waals surface area (Å²) in [6, 6.07) is 3.25. The van der Waals surface area contributed by atoms with Gasteiger partial charge in [0, 0.05) is 30.6 Å². The molecule has 4 heterocycles. The predicted octanol–water partition coefficient (Wildman–Crippen LogP) is 3.53.